The van der Waals surface area contributed by atoms with Crippen LogP contribution in [-0.4, -0.2) is 111 Å². The molecule has 0 saturated carbocycles. The van der Waals surface area contributed by atoms with Crippen molar-refractivity contribution >= 4 is 5.97 Å². The Morgan fingerprint density at radius 3 is 1.92 bits per heavy atom. The summed E-state index contributed by atoms with van der Waals surface area (Å²) in [6.45, 7) is 1.98. The Labute approximate surface area is 149 Å². The van der Waals surface area contributed by atoms with Crippen LogP contribution in [0.25, 0.3) is 0 Å². The molecule has 0 aliphatic carbocycles. The molecular formula is C15H26O11. The van der Waals surface area contributed by atoms with Gasteiger partial charge >= 0.3 is 5.97 Å². The van der Waals surface area contributed by atoms with E-state index < -0.39 is 67.2 Å². The first-order valence-corrected chi connectivity index (χ1v) is 8.27. The molecule has 0 aromatic carbocycles. The molecule has 26 heavy (non-hydrogen) atoms. The lowest BCUT2D eigenvalue weighted by Crippen LogP contribution is -2.61. The number of ether oxygens (including phenoxy) is 4. The number of carbonyl (C=O) groups is 1. The molecule has 5 unspecified atom stereocenters. The van der Waals surface area contributed by atoms with Crippen LogP contribution in [0.2, 0.25) is 0 Å². The predicted molar refractivity (Wildman–Crippen MR) is 81.6 cm³/mol. The van der Waals surface area contributed by atoms with Crippen LogP contribution < -0.4 is 0 Å². The summed E-state index contributed by atoms with van der Waals surface area (Å²) >= 11 is 0. The van der Waals surface area contributed by atoms with E-state index in [1.807, 2.05) is 0 Å². The van der Waals surface area contributed by atoms with Crippen LogP contribution in [-0.2, 0) is 23.7 Å². The minimum Gasteiger partial charge on any atom is -0.463 e. The molecular weight excluding hydrogens is 356 g/mol. The molecule has 0 aromatic heterocycles. The van der Waals surface area contributed by atoms with Crippen molar-refractivity contribution in [3.05, 3.63) is 0 Å². The Hall–Kier alpha value is -0.890. The summed E-state index contributed by atoms with van der Waals surface area (Å²) in [4.78, 5) is 10.9. The van der Waals surface area contributed by atoms with Crippen LogP contribution in [0.3, 0.4) is 0 Å². The monoisotopic (exact) mass is 382 g/mol. The molecule has 0 amide bonds. The summed E-state index contributed by atoms with van der Waals surface area (Å²) in [5.41, 5.74) is 0. The van der Waals surface area contributed by atoms with Crippen LogP contribution in [0.4, 0.5) is 0 Å². The van der Waals surface area contributed by atoms with Crippen molar-refractivity contribution in [2.45, 2.75) is 75.1 Å². The Balaban J connectivity index is 1.95. The first kappa shape index (κ1) is 21.4. The third-order valence-electron chi connectivity index (χ3n) is 4.50. The minimum absolute atomic E-state index is 0.333. The van der Waals surface area contributed by atoms with E-state index in [1.165, 1.54) is 6.92 Å². The van der Waals surface area contributed by atoms with Gasteiger partial charge in [-0.15, -0.1) is 0 Å². The SMILES string of the molecule is CC(=O)OCC1O[C@H](OCC2OC(C)C(O)[C@@H](O)[C@@H]2O)C(O)[C@@H](O)[C@@H]1O. The number of carbonyl (C=O) groups excluding carboxylic acids is 1. The fraction of sp³-hybridized carbons (Fsp3) is 0.933. The molecule has 2 saturated heterocycles. The number of aliphatic hydroxyl groups is 6. The van der Waals surface area contributed by atoms with E-state index in [1.54, 1.807) is 0 Å². The second-order valence-electron chi connectivity index (χ2n) is 6.50. The van der Waals surface area contributed by atoms with Crippen molar-refractivity contribution in [2.24, 2.45) is 0 Å². The summed E-state index contributed by atoms with van der Waals surface area (Å²) < 4.78 is 20.8. The smallest absolute Gasteiger partial charge is 0.302 e. The van der Waals surface area contributed by atoms with Crippen LogP contribution in [0.1, 0.15) is 13.8 Å². The second kappa shape index (κ2) is 8.87. The summed E-state index contributed by atoms with van der Waals surface area (Å²) in [7, 11) is 0. The molecule has 152 valence electrons. The number of rotatable bonds is 5. The lowest BCUT2D eigenvalue weighted by molar-refractivity contribution is -0.314. The largest absolute Gasteiger partial charge is 0.463 e. The van der Waals surface area contributed by atoms with Gasteiger partial charge in [0.2, 0.25) is 0 Å². The van der Waals surface area contributed by atoms with Crippen molar-refractivity contribution in [3.63, 3.8) is 0 Å². The van der Waals surface area contributed by atoms with Gasteiger partial charge in [-0.3, -0.25) is 4.79 Å². The molecule has 0 bridgehead atoms. The van der Waals surface area contributed by atoms with Crippen molar-refractivity contribution < 1.29 is 54.4 Å². The normalized spacial score (nSPS) is 46.8. The number of hydrogen-bond donors (Lipinski definition) is 6. The quantitative estimate of drug-likeness (QED) is 0.258. The summed E-state index contributed by atoms with van der Waals surface area (Å²) in [6, 6.07) is 0. The zero-order valence-electron chi connectivity index (χ0n) is 14.4. The maximum Gasteiger partial charge on any atom is 0.302 e. The van der Waals surface area contributed by atoms with Gasteiger partial charge in [-0.25, -0.2) is 0 Å². The molecule has 2 fully saturated rings. The number of hydrogen-bond acceptors (Lipinski definition) is 11. The zero-order chi connectivity index (χ0) is 19.6. The number of aliphatic hydroxyl groups excluding tert-OH is 6. The number of esters is 1. The van der Waals surface area contributed by atoms with E-state index in [0.29, 0.717) is 0 Å². The molecule has 11 nitrogen and oxygen atoms in total. The Kier molecular flexibility index (Phi) is 7.30. The van der Waals surface area contributed by atoms with E-state index in [0.717, 1.165) is 6.92 Å². The van der Waals surface area contributed by atoms with E-state index in [4.69, 9.17) is 18.9 Å². The maximum atomic E-state index is 10.9. The van der Waals surface area contributed by atoms with Gasteiger partial charge in [-0.05, 0) is 6.92 Å². The first-order valence-electron chi connectivity index (χ1n) is 8.27. The second-order valence-corrected chi connectivity index (χ2v) is 6.50. The van der Waals surface area contributed by atoms with E-state index >= 15 is 0 Å². The Morgan fingerprint density at radius 1 is 0.808 bits per heavy atom. The van der Waals surface area contributed by atoms with Crippen LogP contribution in [0, 0.1) is 0 Å². The molecule has 0 spiro atoms. The van der Waals surface area contributed by atoms with E-state index in [9.17, 15) is 35.4 Å². The lowest BCUT2D eigenvalue weighted by atomic mass is 9.96. The summed E-state index contributed by atoms with van der Waals surface area (Å²) in [5, 5.41) is 59.2. The molecule has 6 N–H and O–H groups in total. The van der Waals surface area contributed by atoms with Gasteiger partial charge in [0.15, 0.2) is 6.29 Å². The van der Waals surface area contributed by atoms with E-state index in [-0.39, 0.29) is 13.2 Å². The van der Waals surface area contributed by atoms with Gasteiger partial charge in [0.1, 0.15) is 55.4 Å². The van der Waals surface area contributed by atoms with Crippen LogP contribution in [0.5, 0.6) is 0 Å². The molecule has 2 aliphatic heterocycles. The first-order chi connectivity index (χ1) is 12.1. The fourth-order valence-corrected chi connectivity index (χ4v) is 2.86. The van der Waals surface area contributed by atoms with Crippen LogP contribution in [0.15, 0.2) is 0 Å². The maximum absolute atomic E-state index is 10.9. The zero-order valence-corrected chi connectivity index (χ0v) is 14.4. The molecule has 2 rings (SSSR count). The highest BCUT2D eigenvalue weighted by molar-refractivity contribution is 5.65. The van der Waals surface area contributed by atoms with Gasteiger partial charge < -0.3 is 49.6 Å². The van der Waals surface area contributed by atoms with Crippen LogP contribution >= 0.6 is 0 Å². The summed E-state index contributed by atoms with van der Waals surface area (Å²) in [5.74, 6) is -0.612. The van der Waals surface area contributed by atoms with E-state index in [2.05, 4.69) is 0 Å². The van der Waals surface area contributed by atoms with Crippen molar-refractivity contribution in [2.75, 3.05) is 13.2 Å². The van der Waals surface area contributed by atoms with Crippen molar-refractivity contribution in [1.29, 1.82) is 0 Å². The topological polar surface area (TPSA) is 175 Å². The molecule has 11 heteroatoms. The third-order valence-corrected chi connectivity index (χ3v) is 4.50. The highest BCUT2D eigenvalue weighted by Gasteiger charge is 2.46. The standard InChI is InChI=1S/C15H26O11/c1-5-9(17)12(20)10(18)7(25-5)4-24-15-14(22)13(21)11(19)8(26-15)3-23-6(2)16/h5,7-15,17-22H,3-4H2,1-2H3/t5?,7?,8?,9?,10-,11-,12-,13+,14?,15+/m1/s1. The van der Waals surface area contributed by atoms with Gasteiger partial charge in [-0.2, -0.15) is 0 Å². The van der Waals surface area contributed by atoms with Gasteiger partial charge in [0.25, 0.3) is 0 Å². The highest BCUT2D eigenvalue weighted by Crippen LogP contribution is 2.25. The molecule has 2 aliphatic rings. The Morgan fingerprint density at radius 2 is 1.35 bits per heavy atom. The third kappa shape index (κ3) is 4.68. The molecule has 10 atom stereocenters. The molecule has 0 aromatic rings. The molecule has 0 radical (unpaired) electrons. The average molecular weight is 382 g/mol. The van der Waals surface area contributed by atoms with Crippen molar-refractivity contribution in [3.8, 4) is 0 Å². The van der Waals surface area contributed by atoms with Crippen molar-refractivity contribution in [1.82, 2.24) is 0 Å². The van der Waals surface area contributed by atoms with Gasteiger partial charge in [0.05, 0.1) is 12.7 Å². The fourth-order valence-electron chi connectivity index (χ4n) is 2.86. The Bertz CT molecular complexity index is 475. The predicted octanol–water partition coefficient (Wildman–Crippen LogP) is -3.76. The lowest BCUT2D eigenvalue weighted by Gasteiger charge is -2.42. The van der Waals surface area contributed by atoms with Gasteiger partial charge in [-0.1, -0.05) is 0 Å². The highest BCUT2D eigenvalue weighted by atomic mass is 16.7. The average Bonchev–Trinajstić information content (AvgIpc) is 2.60. The molecule has 2 heterocycles. The minimum atomic E-state index is -1.61. The summed E-state index contributed by atoms with van der Waals surface area (Å²) in [6.07, 6.45) is -13.2. The van der Waals surface area contributed by atoms with Gasteiger partial charge in [0, 0.05) is 6.92 Å².